The second-order valence-electron chi connectivity index (χ2n) is 5.18. The Morgan fingerprint density at radius 1 is 1.45 bits per heavy atom. The summed E-state index contributed by atoms with van der Waals surface area (Å²) in [7, 11) is 1.60. The molecule has 1 aliphatic heterocycles. The third-order valence-corrected chi connectivity index (χ3v) is 3.73. The van der Waals surface area contributed by atoms with Gasteiger partial charge >= 0.3 is 0 Å². The van der Waals surface area contributed by atoms with Crippen LogP contribution in [0, 0.1) is 0 Å². The Hall–Kier alpha value is -0.810. The van der Waals surface area contributed by atoms with Gasteiger partial charge in [0.15, 0.2) is 0 Å². The Balaban J connectivity index is 1.86. The summed E-state index contributed by atoms with van der Waals surface area (Å²) in [6, 6.07) is 7.54. The second-order valence-corrected chi connectivity index (χ2v) is 5.59. The number of piperidine rings is 1. The largest absolute Gasteiger partial charge is 0.488 e. The number of nitrogens with zero attached hydrogens (tertiary/aromatic N) is 1. The zero-order valence-electron chi connectivity index (χ0n) is 11.8. The first kappa shape index (κ1) is 15.6. The molecule has 1 N–H and O–H groups in total. The summed E-state index contributed by atoms with van der Waals surface area (Å²) < 4.78 is 10.9. The summed E-state index contributed by atoms with van der Waals surface area (Å²) in [5, 5.41) is 10.4. The molecule has 2 rings (SSSR count). The minimum Gasteiger partial charge on any atom is -0.488 e. The molecule has 1 aromatic carbocycles. The normalized spacial score (nSPS) is 21.6. The van der Waals surface area contributed by atoms with E-state index in [1.807, 2.05) is 24.3 Å². The average molecular weight is 300 g/mol. The van der Waals surface area contributed by atoms with E-state index in [-0.39, 0.29) is 6.10 Å². The van der Waals surface area contributed by atoms with Crippen LogP contribution >= 0.6 is 11.6 Å². The predicted octanol–water partition coefficient (Wildman–Crippen LogP) is 2.19. The fraction of sp³-hybridized carbons (Fsp3) is 0.600. The first-order valence-electron chi connectivity index (χ1n) is 6.99. The average Bonchev–Trinajstić information content (AvgIpc) is 2.42. The van der Waals surface area contributed by atoms with Crippen molar-refractivity contribution in [2.24, 2.45) is 0 Å². The molecule has 0 spiro atoms. The van der Waals surface area contributed by atoms with Crippen LogP contribution < -0.4 is 4.74 Å². The van der Waals surface area contributed by atoms with Crippen molar-refractivity contribution in [3.8, 4) is 5.75 Å². The standard InChI is InChI=1S/C15H22ClNO3/c1-19-11-12(18)9-17-8-4-5-13(10-17)20-15-7-3-2-6-14(15)16/h2-3,6-7,12-13,18H,4-5,8-11H2,1H3/t12-,13-/m1/s1. The molecule has 0 bridgehead atoms. The molecular formula is C15H22ClNO3. The first-order valence-corrected chi connectivity index (χ1v) is 7.37. The topological polar surface area (TPSA) is 41.9 Å². The highest BCUT2D eigenvalue weighted by molar-refractivity contribution is 6.32. The van der Waals surface area contributed by atoms with Crippen LogP contribution in [0.4, 0.5) is 0 Å². The molecular weight excluding hydrogens is 278 g/mol. The van der Waals surface area contributed by atoms with E-state index >= 15 is 0 Å². The Morgan fingerprint density at radius 2 is 2.25 bits per heavy atom. The summed E-state index contributed by atoms with van der Waals surface area (Å²) in [6.07, 6.45) is 1.76. The van der Waals surface area contributed by atoms with Gasteiger partial charge < -0.3 is 14.6 Å². The number of β-amino-alcohol motifs (C(OH)–C–C–N with tert-alkyl or cyclic N) is 1. The first-order chi connectivity index (χ1) is 9.69. The van der Waals surface area contributed by atoms with E-state index in [0.29, 0.717) is 18.2 Å². The maximum atomic E-state index is 9.79. The summed E-state index contributed by atoms with van der Waals surface area (Å²) in [5.41, 5.74) is 0. The van der Waals surface area contributed by atoms with Crippen molar-refractivity contribution >= 4 is 11.6 Å². The molecule has 0 radical (unpaired) electrons. The van der Waals surface area contributed by atoms with Gasteiger partial charge in [0.05, 0.1) is 17.7 Å². The van der Waals surface area contributed by atoms with Gasteiger partial charge in [-0.05, 0) is 31.5 Å². The third kappa shape index (κ3) is 4.63. The number of methoxy groups -OCH3 is 1. The molecule has 1 aliphatic rings. The molecule has 0 aliphatic carbocycles. The third-order valence-electron chi connectivity index (χ3n) is 3.42. The zero-order valence-corrected chi connectivity index (χ0v) is 12.6. The highest BCUT2D eigenvalue weighted by Crippen LogP contribution is 2.26. The smallest absolute Gasteiger partial charge is 0.138 e. The van der Waals surface area contributed by atoms with E-state index in [2.05, 4.69) is 4.90 Å². The molecule has 1 fully saturated rings. The summed E-state index contributed by atoms with van der Waals surface area (Å²) in [5.74, 6) is 0.735. The number of rotatable bonds is 6. The summed E-state index contributed by atoms with van der Waals surface area (Å²) in [6.45, 7) is 2.79. The molecule has 1 aromatic rings. The number of aliphatic hydroxyl groups is 1. The number of likely N-dealkylation sites (tertiary alicyclic amines) is 1. The molecule has 112 valence electrons. The number of aliphatic hydroxyl groups excluding tert-OH is 1. The Kier molecular flexibility index (Phi) is 6.10. The van der Waals surface area contributed by atoms with Crippen LogP contribution in [-0.2, 0) is 4.74 Å². The highest BCUT2D eigenvalue weighted by Gasteiger charge is 2.23. The van der Waals surface area contributed by atoms with Gasteiger partial charge in [-0.3, -0.25) is 4.90 Å². The van der Waals surface area contributed by atoms with Crippen molar-refractivity contribution in [2.75, 3.05) is 33.4 Å². The fourth-order valence-electron chi connectivity index (χ4n) is 2.54. The molecule has 1 saturated heterocycles. The zero-order chi connectivity index (χ0) is 14.4. The van der Waals surface area contributed by atoms with Gasteiger partial charge in [-0.2, -0.15) is 0 Å². The lowest BCUT2D eigenvalue weighted by atomic mass is 10.1. The minimum atomic E-state index is -0.445. The van der Waals surface area contributed by atoms with Gasteiger partial charge in [-0.15, -0.1) is 0 Å². The number of ether oxygens (including phenoxy) is 2. The van der Waals surface area contributed by atoms with E-state index in [9.17, 15) is 5.11 Å². The number of hydrogen-bond acceptors (Lipinski definition) is 4. The molecule has 0 aromatic heterocycles. The lowest BCUT2D eigenvalue weighted by molar-refractivity contribution is 0.0149. The summed E-state index contributed by atoms with van der Waals surface area (Å²) >= 11 is 6.11. The van der Waals surface area contributed by atoms with E-state index in [1.54, 1.807) is 7.11 Å². The van der Waals surface area contributed by atoms with Crippen LogP contribution in [0.25, 0.3) is 0 Å². The van der Waals surface area contributed by atoms with Crippen LogP contribution in [0.3, 0.4) is 0 Å². The predicted molar refractivity (Wildman–Crippen MR) is 79.4 cm³/mol. The van der Waals surface area contributed by atoms with Gasteiger partial charge in [0.1, 0.15) is 11.9 Å². The quantitative estimate of drug-likeness (QED) is 0.874. The summed E-state index contributed by atoms with van der Waals surface area (Å²) in [4.78, 5) is 2.22. The van der Waals surface area contributed by atoms with Gasteiger partial charge in [-0.1, -0.05) is 23.7 Å². The van der Waals surface area contributed by atoms with Gasteiger partial charge in [-0.25, -0.2) is 0 Å². The van der Waals surface area contributed by atoms with Crippen molar-refractivity contribution in [3.63, 3.8) is 0 Å². The Labute approximate surface area is 125 Å². The number of halogens is 1. The van der Waals surface area contributed by atoms with Crippen LogP contribution in [0.15, 0.2) is 24.3 Å². The highest BCUT2D eigenvalue weighted by atomic mass is 35.5. The number of hydrogen-bond donors (Lipinski definition) is 1. The Bertz CT molecular complexity index is 416. The number of para-hydroxylation sites is 1. The van der Waals surface area contributed by atoms with Crippen molar-refractivity contribution in [1.82, 2.24) is 4.90 Å². The Morgan fingerprint density at radius 3 is 3.00 bits per heavy atom. The molecule has 20 heavy (non-hydrogen) atoms. The maximum Gasteiger partial charge on any atom is 0.138 e. The van der Waals surface area contributed by atoms with Crippen LogP contribution in [0.5, 0.6) is 5.75 Å². The molecule has 1 heterocycles. The molecule has 4 nitrogen and oxygen atoms in total. The van der Waals surface area contributed by atoms with Gasteiger partial charge in [0, 0.05) is 20.2 Å². The molecule has 5 heteroatoms. The molecule has 0 amide bonds. The van der Waals surface area contributed by atoms with E-state index in [4.69, 9.17) is 21.1 Å². The minimum absolute atomic E-state index is 0.124. The lowest BCUT2D eigenvalue weighted by Gasteiger charge is -2.34. The second kappa shape index (κ2) is 7.84. The van der Waals surface area contributed by atoms with Crippen molar-refractivity contribution in [1.29, 1.82) is 0 Å². The van der Waals surface area contributed by atoms with Crippen LogP contribution in [0.2, 0.25) is 5.02 Å². The molecule has 2 atom stereocenters. The van der Waals surface area contributed by atoms with Crippen molar-refractivity contribution in [2.45, 2.75) is 25.0 Å². The van der Waals surface area contributed by atoms with E-state index in [0.717, 1.165) is 31.7 Å². The maximum absolute atomic E-state index is 9.79. The van der Waals surface area contributed by atoms with Crippen LogP contribution in [-0.4, -0.2) is 55.6 Å². The van der Waals surface area contributed by atoms with Crippen molar-refractivity contribution in [3.05, 3.63) is 29.3 Å². The van der Waals surface area contributed by atoms with Gasteiger partial charge in [0.2, 0.25) is 0 Å². The van der Waals surface area contributed by atoms with E-state index in [1.165, 1.54) is 0 Å². The molecule has 0 unspecified atom stereocenters. The van der Waals surface area contributed by atoms with Gasteiger partial charge in [0.25, 0.3) is 0 Å². The fourth-order valence-corrected chi connectivity index (χ4v) is 2.72. The monoisotopic (exact) mass is 299 g/mol. The lowest BCUT2D eigenvalue weighted by Crippen LogP contribution is -2.45. The van der Waals surface area contributed by atoms with Crippen molar-refractivity contribution < 1.29 is 14.6 Å². The van der Waals surface area contributed by atoms with Crippen LogP contribution in [0.1, 0.15) is 12.8 Å². The van der Waals surface area contributed by atoms with E-state index < -0.39 is 6.10 Å². The molecule has 0 saturated carbocycles. The number of benzene rings is 1. The SMILES string of the molecule is COC[C@H](O)CN1CCC[C@@H](Oc2ccccc2Cl)C1.